The molecule has 4 aromatic rings. The van der Waals surface area contributed by atoms with E-state index in [0.29, 0.717) is 5.69 Å². The molecule has 0 spiro atoms. The van der Waals surface area contributed by atoms with Gasteiger partial charge in [-0.05, 0) is 36.4 Å². The van der Waals surface area contributed by atoms with E-state index in [0.717, 1.165) is 33.0 Å². The molecule has 0 saturated carbocycles. The fourth-order valence-electron chi connectivity index (χ4n) is 2.37. The third-order valence-corrected chi connectivity index (χ3v) is 5.03. The largest absolute Gasteiger partial charge is 0.284 e. The van der Waals surface area contributed by atoms with Crippen LogP contribution in [0.15, 0.2) is 55.0 Å². The predicted octanol–water partition coefficient (Wildman–Crippen LogP) is 2.89. The highest BCUT2D eigenvalue weighted by atomic mass is 32.2. The van der Waals surface area contributed by atoms with E-state index in [1.807, 2.05) is 30.5 Å². The first-order chi connectivity index (χ1) is 12.0. The Balaban J connectivity index is 1.63. The van der Waals surface area contributed by atoms with Crippen molar-refractivity contribution in [1.29, 1.82) is 0 Å². The van der Waals surface area contributed by atoms with Crippen LogP contribution in [0.5, 0.6) is 0 Å². The molecule has 0 unspecified atom stereocenters. The summed E-state index contributed by atoms with van der Waals surface area (Å²) >= 11 is 1.47. The topological polar surface area (TPSA) is 89.2 Å². The second kappa shape index (κ2) is 5.94. The Morgan fingerprint density at radius 3 is 2.40 bits per heavy atom. The van der Waals surface area contributed by atoms with E-state index in [2.05, 4.69) is 19.8 Å². The lowest BCUT2D eigenvalue weighted by molar-refractivity contribution is 0.607. The molecule has 0 radical (unpaired) electrons. The number of hydrogen-bond acceptors (Lipinski definition) is 6. The maximum absolute atomic E-state index is 11.3. The Kier molecular flexibility index (Phi) is 3.74. The van der Waals surface area contributed by atoms with Gasteiger partial charge in [0.1, 0.15) is 5.01 Å². The number of imidazole rings is 1. The molecule has 1 aromatic carbocycles. The SMILES string of the molecule is CS(=O)(=O)Nc1ccc(-c2nn3cc(-c4ccncc4)nc3s2)cc1. The second-order valence-electron chi connectivity index (χ2n) is 5.45. The van der Waals surface area contributed by atoms with Gasteiger partial charge in [-0.1, -0.05) is 11.3 Å². The molecule has 4 rings (SSSR count). The Labute approximate surface area is 148 Å². The van der Waals surface area contributed by atoms with Crippen molar-refractivity contribution in [2.75, 3.05) is 11.0 Å². The van der Waals surface area contributed by atoms with Crippen molar-refractivity contribution in [3.05, 3.63) is 55.0 Å². The summed E-state index contributed by atoms with van der Waals surface area (Å²) in [7, 11) is -3.28. The van der Waals surface area contributed by atoms with Gasteiger partial charge < -0.3 is 0 Å². The normalized spacial score (nSPS) is 11.7. The molecule has 0 amide bonds. The van der Waals surface area contributed by atoms with Crippen LogP contribution in [0.25, 0.3) is 26.8 Å². The van der Waals surface area contributed by atoms with Crippen LogP contribution in [-0.4, -0.2) is 34.3 Å². The number of fused-ring (bicyclic) bond motifs is 1. The number of aromatic nitrogens is 4. The summed E-state index contributed by atoms with van der Waals surface area (Å²) in [4.78, 5) is 9.39. The summed E-state index contributed by atoms with van der Waals surface area (Å²) in [5, 5.41) is 5.37. The van der Waals surface area contributed by atoms with Gasteiger partial charge in [0.25, 0.3) is 0 Å². The highest BCUT2D eigenvalue weighted by Crippen LogP contribution is 2.28. The van der Waals surface area contributed by atoms with Gasteiger partial charge in [0, 0.05) is 29.2 Å². The van der Waals surface area contributed by atoms with Crippen LogP contribution < -0.4 is 4.72 Å². The molecule has 25 heavy (non-hydrogen) atoms. The van der Waals surface area contributed by atoms with E-state index < -0.39 is 10.0 Å². The van der Waals surface area contributed by atoms with Gasteiger partial charge in [-0.25, -0.2) is 17.9 Å². The van der Waals surface area contributed by atoms with E-state index in [9.17, 15) is 8.42 Å². The summed E-state index contributed by atoms with van der Waals surface area (Å²) in [5.74, 6) is 0. The zero-order valence-electron chi connectivity index (χ0n) is 13.1. The lowest BCUT2D eigenvalue weighted by Gasteiger charge is -2.03. The van der Waals surface area contributed by atoms with E-state index in [1.54, 1.807) is 29.0 Å². The number of benzene rings is 1. The monoisotopic (exact) mass is 371 g/mol. The predicted molar refractivity (Wildman–Crippen MR) is 98.0 cm³/mol. The minimum Gasteiger partial charge on any atom is -0.284 e. The molecule has 0 saturated heterocycles. The van der Waals surface area contributed by atoms with Crippen LogP contribution >= 0.6 is 11.3 Å². The van der Waals surface area contributed by atoms with E-state index in [1.165, 1.54) is 11.3 Å². The smallest absolute Gasteiger partial charge is 0.229 e. The highest BCUT2D eigenvalue weighted by Gasteiger charge is 2.11. The Morgan fingerprint density at radius 2 is 1.76 bits per heavy atom. The molecule has 3 heterocycles. The van der Waals surface area contributed by atoms with Crippen LogP contribution in [0.3, 0.4) is 0 Å². The number of nitrogens with one attached hydrogen (secondary N) is 1. The summed E-state index contributed by atoms with van der Waals surface area (Å²) < 4.78 is 26.7. The molecule has 126 valence electrons. The minimum absolute atomic E-state index is 0.521. The van der Waals surface area contributed by atoms with E-state index >= 15 is 0 Å². The molecule has 0 bridgehead atoms. The zero-order chi connectivity index (χ0) is 17.4. The standard InChI is InChI=1S/C16H13N5O2S2/c1-25(22,23)20-13-4-2-12(3-5-13)15-19-21-10-14(18-16(21)24-15)11-6-8-17-9-7-11/h2-10,20H,1H3. The van der Waals surface area contributed by atoms with Crippen molar-refractivity contribution in [3.63, 3.8) is 0 Å². The molecule has 0 aliphatic rings. The second-order valence-corrected chi connectivity index (χ2v) is 8.15. The Bertz CT molecular complexity index is 1100. The average Bonchev–Trinajstić information content (AvgIpc) is 3.14. The maximum atomic E-state index is 11.3. The third-order valence-electron chi connectivity index (χ3n) is 3.45. The molecule has 1 N–H and O–H groups in total. The first-order valence-electron chi connectivity index (χ1n) is 7.33. The molecular formula is C16H13N5O2S2. The van der Waals surface area contributed by atoms with Crippen molar-refractivity contribution in [1.82, 2.24) is 19.6 Å². The molecule has 9 heteroatoms. The summed E-state index contributed by atoms with van der Waals surface area (Å²) in [6.45, 7) is 0. The van der Waals surface area contributed by atoms with Crippen molar-refractivity contribution < 1.29 is 8.42 Å². The molecule has 0 atom stereocenters. The number of hydrogen-bond donors (Lipinski definition) is 1. The van der Waals surface area contributed by atoms with Crippen LogP contribution in [0.2, 0.25) is 0 Å². The van der Waals surface area contributed by atoms with E-state index in [4.69, 9.17) is 0 Å². The first kappa shape index (κ1) is 15.7. The van der Waals surface area contributed by atoms with Gasteiger partial charge in [0.05, 0.1) is 18.1 Å². The van der Waals surface area contributed by atoms with Crippen LogP contribution in [0, 0.1) is 0 Å². The summed E-state index contributed by atoms with van der Waals surface area (Å²) in [6, 6.07) is 10.9. The van der Waals surface area contributed by atoms with Gasteiger partial charge in [0.15, 0.2) is 0 Å². The summed E-state index contributed by atoms with van der Waals surface area (Å²) in [5.41, 5.74) is 3.26. The quantitative estimate of drug-likeness (QED) is 0.596. The van der Waals surface area contributed by atoms with Gasteiger partial charge in [0.2, 0.25) is 15.0 Å². The van der Waals surface area contributed by atoms with Crippen molar-refractivity contribution in [3.8, 4) is 21.8 Å². The van der Waals surface area contributed by atoms with Crippen LogP contribution in [-0.2, 0) is 10.0 Å². The van der Waals surface area contributed by atoms with Crippen molar-refractivity contribution in [2.45, 2.75) is 0 Å². The fourth-order valence-corrected chi connectivity index (χ4v) is 3.82. The van der Waals surface area contributed by atoms with Gasteiger partial charge in [-0.15, -0.1) is 0 Å². The maximum Gasteiger partial charge on any atom is 0.229 e. The number of anilines is 1. The molecular weight excluding hydrogens is 358 g/mol. The average molecular weight is 371 g/mol. The Morgan fingerprint density at radius 1 is 1.04 bits per heavy atom. The lowest BCUT2D eigenvalue weighted by atomic mass is 10.2. The number of rotatable bonds is 4. The van der Waals surface area contributed by atoms with Gasteiger partial charge in [-0.2, -0.15) is 5.10 Å². The van der Waals surface area contributed by atoms with Crippen molar-refractivity contribution in [2.24, 2.45) is 0 Å². The minimum atomic E-state index is -3.28. The number of pyridine rings is 1. The van der Waals surface area contributed by atoms with Gasteiger partial charge >= 0.3 is 0 Å². The number of sulfonamides is 1. The molecule has 0 aliphatic carbocycles. The first-order valence-corrected chi connectivity index (χ1v) is 10.0. The van der Waals surface area contributed by atoms with Crippen molar-refractivity contribution >= 4 is 32.0 Å². The lowest BCUT2D eigenvalue weighted by Crippen LogP contribution is -2.09. The van der Waals surface area contributed by atoms with Gasteiger partial charge in [-0.3, -0.25) is 9.71 Å². The van der Waals surface area contributed by atoms with Crippen LogP contribution in [0.1, 0.15) is 0 Å². The highest BCUT2D eigenvalue weighted by molar-refractivity contribution is 7.92. The third kappa shape index (κ3) is 3.37. The Hall–Kier alpha value is -2.78. The molecule has 3 aromatic heterocycles. The molecule has 7 nitrogen and oxygen atoms in total. The fraction of sp³-hybridized carbons (Fsp3) is 0.0625. The van der Waals surface area contributed by atoms with E-state index in [-0.39, 0.29) is 0 Å². The molecule has 0 fully saturated rings. The number of nitrogens with zero attached hydrogens (tertiary/aromatic N) is 4. The zero-order valence-corrected chi connectivity index (χ0v) is 14.8. The van der Waals surface area contributed by atoms with Crippen LogP contribution in [0.4, 0.5) is 5.69 Å². The molecule has 0 aliphatic heterocycles. The summed E-state index contributed by atoms with van der Waals surface area (Å²) in [6.07, 6.45) is 6.46.